The Morgan fingerprint density at radius 3 is 2.88 bits per heavy atom. The number of thiophene rings is 1. The molecule has 0 radical (unpaired) electrons. The van der Waals surface area contributed by atoms with Crippen molar-refractivity contribution in [2.45, 2.75) is 39.0 Å². The maximum atomic E-state index is 6.16. The highest BCUT2D eigenvalue weighted by Gasteiger charge is 2.05. The monoisotopic (exact) mass is 252 g/mol. The van der Waals surface area contributed by atoms with Crippen molar-refractivity contribution in [3.63, 3.8) is 0 Å². The SMILES string of the molecule is CCCCCCc1csc2c(Cl)cccc12. The molecule has 0 atom stereocenters. The van der Waals surface area contributed by atoms with Gasteiger partial charge in [0, 0.05) is 0 Å². The number of aryl methyl sites for hydroxylation is 1. The van der Waals surface area contributed by atoms with Crippen LogP contribution >= 0.6 is 22.9 Å². The molecule has 2 aromatic rings. The molecule has 0 spiro atoms. The molecule has 0 amide bonds. The largest absolute Gasteiger partial charge is 0.142 e. The van der Waals surface area contributed by atoms with Gasteiger partial charge in [-0.15, -0.1) is 11.3 Å². The Bertz CT molecular complexity index is 459. The molecule has 0 aliphatic heterocycles. The van der Waals surface area contributed by atoms with Gasteiger partial charge in [-0.2, -0.15) is 0 Å². The Kier molecular flexibility index (Phi) is 4.25. The van der Waals surface area contributed by atoms with E-state index in [1.54, 1.807) is 11.3 Å². The lowest BCUT2D eigenvalue weighted by Crippen LogP contribution is -1.83. The van der Waals surface area contributed by atoms with E-state index >= 15 is 0 Å². The Morgan fingerprint density at radius 2 is 2.06 bits per heavy atom. The van der Waals surface area contributed by atoms with E-state index in [1.807, 2.05) is 12.1 Å². The van der Waals surface area contributed by atoms with Gasteiger partial charge in [-0.1, -0.05) is 49.9 Å². The average molecular weight is 253 g/mol. The Labute approximate surface area is 106 Å². The molecule has 16 heavy (non-hydrogen) atoms. The summed E-state index contributed by atoms with van der Waals surface area (Å²) in [5.74, 6) is 0. The Balaban J connectivity index is 2.10. The van der Waals surface area contributed by atoms with Crippen molar-refractivity contribution in [2.75, 3.05) is 0 Å². The van der Waals surface area contributed by atoms with E-state index in [4.69, 9.17) is 11.6 Å². The van der Waals surface area contributed by atoms with Gasteiger partial charge in [-0.25, -0.2) is 0 Å². The summed E-state index contributed by atoms with van der Waals surface area (Å²) < 4.78 is 1.25. The maximum Gasteiger partial charge on any atom is 0.0584 e. The van der Waals surface area contributed by atoms with Crippen molar-refractivity contribution in [3.05, 3.63) is 34.2 Å². The van der Waals surface area contributed by atoms with Crippen molar-refractivity contribution in [2.24, 2.45) is 0 Å². The Hall–Kier alpha value is -0.530. The van der Waals surface area contributed by atoms with Crippen LogP contribution < -0.4 is 0 Å². The van der Waals surface area contributed by atoms with E-state index in [1.165, 1.54) is 47.8 Å². The molecule has 2 heteroatoms. The molecular formula is C14H17ClS. The molecule has 1 aromatic heterocycles. The normalized spacial score (nSPS) is 11.1. The summed E-state index contributed by atoms with van der Waals surface area (Å²) in [6.45, 7) is 2.25. The highest BCUT2D eigenvalue weighted by atomic mass is 35.5. The first-order valence-corrected chi connectivity index (χ1v) is 7.23. The fourth-order valence-electron chi connectivity index (χ4n) is 2.01. The summed E-state index contributed by atoms with van der Waals surface area (Å²) in [5, 5.41) is 4.51. The molecule has 0 fully saturated rings. The lowest BCUT2D eigenvalue weighted by atomic mass is 10.1. The number of unbranched alkanes of at least 4 members (excludes halogenated alkanes) is 3. The summed E-state index contributed by atoms with van der Waals surface area (Å²) >= 11 is 7.94. The van der Waals surface area contributed by atoms with Crippen LogP contribution in [0.1, 0.15) is 38.2 Å². The van der Waals surface area contributed by atoms with Gasteiger partial charge in [-0.05, 0) is 35.2 Å². The second-order valence-electron chi connectivity index (χ2n) is 4.19. The first-order chi connectivity index (χ1) is 7.83. The lowest BCUT2D eigenvalue weighted by molar-refractivity contribution is 0.669. The first kappa shape index (κ1) is 11.9. The number of rotatable bonds is 5. The summed E-state index contributed by atoms with van der Waals surface area (Å²) in [6, 6.07) is 6.21. The third-order valence-corrected chi connectivity index (χ3v) is 4.44. The smallest absolute Gasteiger partial charge is 0.0584 e. The standard InChI is InChI=1S/C14H17ClS/c1-2-3-4-5-7-11-10-16-14-12(11)8-6-9-13(14)15/h6,8-10H,2-5,7H2,1H3. The number of hydrogen-bond acceptors (Lipinski definition) is 1. The number of hydrogen-bond donors (Lipinski definition) is 0. The molecule has 86 valence electrons. The molecule has 0 nitrogen and oxygen atoms in total. The van der Waals surface area contributed by atoms with Crippen LogP contribution in [0.25, 0.3) is 10.1 Å². The third-order valence-electron chi connectivity index (χ3n) is 2.93. The van der Waals surface area contributed by atoms with Crippen LogP contribution in [0, 0.1) is 0 Å². The predicted molar refractivity (Wildman–Crippen MR) is 74.7 cm³/mol. The van der Waals surface area contributed by atoms with Crippen molar-refractivity contribution in [1.82, 2.24) is 0 Å². The zero-order valence-electron chi connectivity index (χ0n) is 9.63. The van der Waals surface area contributed by atoms with Crippen molar-refractivity contribution in [1.29, 1.82) is 0 Å². The summed E-state index contributed by atoms with van der Waals surface area (Å²) in [6.07, 6.45) is 6.49. The van der Waals surface area contributed by atoms with Crippen LogP contribution in [-0.4, -0.2) is 0 Å². The van der Waals surface area contributed by atoms with Crippen LogP contribution in [0.5, 0.6) is 0 Å². The fourth-order valence-corrected chi connectivity index (χ4v) is 3.33. The quantitative estimate of drug-likeness (QED) is 0.601. The van der Waals surface area contributed by atoms with Crippen LogP contribution in [0.2, 0.25) is 5.02 Å². The van der Waals surface area contributed by atoms with E-state index in [9.17, 15) is 0 Å². The zero-order chi connectivity index (χ0) is 11.4. The topological polar surface area (TPSA) is 0 Å². The minimum absolute atomic E-state index is 0.891. The molecule has 0 aliphatic carbocycles. The zero-order valence-corrected chi connectivity index (χ0v) is 11.2. The molecule has 2 rings (SSSR count). The van der Waals surface area contributed by atoms with E-state index in [2.05, 4.69) is 18.4 Å². The lowest BCUT2D eigenvalue weighted by Gasteiger charge is -2.00. The molecule has 1 heterocycles. The number of halogens is 1. The van der Waals surface area contributed by atoms with E-state index in [-0.39, 0.29) is 0 Å². The molecule has 0 unspecified atom stereocenters. The third kappa shape index (κ3) is 2.58. The molecule has 1 aromatic carbocycles. The molecule has 0 aliphatic rings. The Morgan fingerprint density at radius 1 is 1.19 bits per heavy atom. The molecular weight excluding hydrogens is 236 g/mol. The summed E-state index contributed by atoms with van der Waals surface area (Å²) in [5.41, 5.74) is 1.47. The van der Waals surface area contributed by atoms with E-state index in [0.29, 0.717) is 0 Å². The molecule has 0 saturated heterocycles. The van der Waals surface area contributed by atoms with Crippen LogP contribution in [-0.2, 0) is 6.42 Å². The van der Waals surface area contributed by atoms with Gasteiger partial charge in [0.2, 0.25) is 0 Å². The van der Waals surface area contributed by atoms with Crippen molar-refractivity contribution in [3.8, 4) is 0 Å². The van der Waals surface area contributed by atoms with Gasteiger partial charge in [0.25, 0.3) is 0 Å². The molecule has 0 bridgehead atoms. The highest BCUT2D eigenvalue weighted by Crippen LogP contribution is 2.32. The van der Waals surface area contributed by atoms with E-state index < -0.39 is 0 Å². The van der Waals surface area contributed by atoms with Gasteiger partial charge < -0.3 is 0 Å². The van der Waals surface area contributed by atoms with Gasteiger partial charge in [-0.3, -0.25) is 0 Å². The summed E-state index contributed by atoms with van der Waals surface area (Å²) in [4.78, 5) is 0. The number of fused-ring (bicyclic) bond motifs is 1. The summed E-state index contributed by atoms with van der Waals surface area (Å²) in [7, 11) is 0. The fraction of sp³-hybridized carbons (Fsp3) is 0.429. The van der Waals surface area contributed by atoms with Gasteiger partial charge in [0.15, 0.2) is 0 Å². The van der Waals surface area contributed by atoms with Gasteiger partial charge in [0.05, 0.1) is 9.72 Å². The number of benzene rings is 1. The minimum Gasteiger partial charge on any atom is -0.142 e. The first-order valence-electron chi connectivity index (χ1n) is 5.97. The molecule has 0 saturated carbocycles. The van der Waals surface area contributed by atoms with Gasteiger partial charge >= 0.3 is 0 Å². The van der Waals surface area contributed by atoms with Crippen LogP contribution in [0.15, 0.2) is 23.6 Å². The molecule has 0 N–H and O–H groups in total. The van der Waals surface area contributed by atoms with Gasteiger partial charge in [0.1, 0.15) is 0 Å². The van der Waals surface area contributed by atoms with Crippen LogP contribution in [0.4, 0.5) is 0 Å². The van der Waals surface area contributed by atoms with Crippen molar-refractivity contribution < 1.29 is 0 Å². The van der Waals surface area contributed by atoms with Crippen LogP contribution in [0.3, 0.4) is 0 Å². The van der Waals surface area contributed by atoms with E-state index in [0.717, 1.165) is 5.02 Å². The minimum atomic E-state index is 0.891. The predicted octanol–water partition coefficient (Wildman–Crippen LogP) is 5.68. The second-order valence-corrected chi connectivity index (χ2v) is 5.47. The maximum absolute atomic E-state index is 6.16. The highest BCUT2D eigenvalue weighted by molar-refractivity contribution is 7.18. The average Bonchev–Trinajstić information content (AvgIpc) is 2.70. The van der Waals surface area contributed by atoms with Crippen molar-refractivity contribution >= 4 is 33.0 Å². The second kappa shape index (κ2) is 5.70.